The predicted molar refractivity (Wildman–Crippen MR) is 129 cm³/mol. The molecule has 0 bridgehead atoms. The Bertz CT molecular complexity index is 819. The summed E-state index contributed by atoms with van der Waals surface area (Å²) in [6.45, 7) is 6.51. The molecular formula is C27H33BO3. The van der Waals surface area contributed by atoms with Gasteiger partial charge in [-0.05, 0) is 54.2 Å². The Kier molecular flexibility index (Phi) is 8.90. The zero-order valence-corrected chi connectivity index (χ0v) is 19.0. The maximum atomic E-state index is 6.33. The summed E-state index contributed by atoms with van der Waals surface area (Å²) in [6.07, 6.45) is 5.98. The van der Waals surface area contributed by atoms with Crippen LogP contribution in [-0.4, -0.2) is 7.32 Å². The lowest BCUT2D eigenvalue weighted by Crippen LogP contribution is -2.37. The van der Waals surface area contributed by atoms with Gasteiger partial charge < -0.3 is 14.0 Å². The van der Waals surface area contributed by atoms with E-state index in [0.29, 0.717) is 0 Å². The topological polar surface area (TPSA) is 27.7 Å². The molecule has 162 valence electrons. The quantitative estimate of drug-likeness (QED) is 0.296. The first-order valence-electron chi connectivity index (χ1n) is 11.5. The van der Waals surface area contributed by atoms with Gasteiger partial charge in [0.15, 0.2) is 0 Å². The Morgan fingerprint density at radius 3 is 1.06 bits per heavy atom. The first kappa shape index (κ1) is 22.8. The van der Waals surface area contributed by atoms with E-state index in [2.05, 4.69) is 39.0 Å². The highest BCUT2D eigenvalue weighted by Gasteiger charge is 2.32. The second-order valence-corrected chi connectivity index (χ2v) is 7.72. The van der Waals surface area contributed by atoms with E-state index in [0.717, 1.165) is 72.5 Å². The van der Waals surface area contributed by atoms with Gasteiger partial charge in [0, 0.05) is 0 Å². The molecule has 0 aliphatic rings. The number of benzene rings is 3. The fourth-order valence-electron chi connectivity index (χ4n) is 3.67. The van der Waals surface area contributed by atoms with Gasteiger partial charge in [-0.25, -0.2) is 0 Å². The summed E-state index contributed by atoms with van der Waals surface area (Å²) in [5.41, 5.74) is 3.47. The minimum atomic E-state index is -0.881. The van der Waals surface area contributed by atoms with Crippen molar-refractivity contribution in [2.45, 2.75) is 59.3 Å². The van der Waals surface area contributed by atoms with Gasteiger partial charge in [-0.2, -0.15) is 0 Å². The van der Waals surface area contributed by atoms with E-state index in [4.69, 9.17) is 14.0 Å². The Morgan fingerprint density at radius 2 is 0.774 bits per heavy atom. The van der Waals surface area contributed by atoms with Crippen LogP contribution in [0.25, 0.3) is 0 Å². The monoisotopic (exact) mass is 416 g/mol. The van der Waals surface area contributed by atoms with Crippen molar-refractivity contribution in [3.8, 4) is 17.2 Å². The van der Waals surface area contributed by atoms with E-state index in [1.165, 1.54) is 0 Å². The molecule has 3 nitrogen and oxygen atoms in total. The molecule has 0 heterocycles. The Balaban J connectivity index is 1.91. The van der Waals surface area contributed by atoms with E-state index in [9.17, 15) is 0 Å². The van der Waals surface area contributed by atoms with Gasteiger partial charge in [0.2, 0.25) is 0 Å². The van der Waals surface area contributed by atoms with E-state index in [1.807, 2.05) is 54.6 Å². The normalized spacial score (nSPS) is 10.5. The molecule has 0 amide bonds. The molecule has 3 aromatic rings. The first-order valence-corrected chi connectivity index (χ1v) is 11.5. The number of hydrogen-bond acceptors (Lipinski definition) is 3. The van der Waals surface area contributed by atoms with Crippen LogP contribution in [0.1, 0.15) is 56.7 Å². The SMILES string of the molecule is CCCc1ccccc1OB(Oc1ccccc1CCC)Oc1ccccc1CCC. The summed E-state index contributed by atoms with van der Waals surface area (Å²) < 4.78 is 19.0. The third kappa shape index (κ3) is 6.55. The Morgan fingerprint density at radius 1 is 0.484 bits per heavy atom. The van der Waals surface area contributed by atoms with Crippen molar-refractivity contribution in [3.05, 3.63) is 89.5 Å². The molecule has 0 N–H and O–H groups in total. The lowest BCUT2D eigenvalue weighted by molar-refractivity contribution is 0.303. The molecule has 0 spiro atoms. The van der Waals surface area contributed by atoms with Gasteiger partial charge in [0.1, 0.15) is 17.2 Å². The molecule has 0 aromatic heterocycles. The van der Waals surface area contributed by atoms with Gasteiger partial charge in [0.05, 0.1) is 0 Å². The standard InChI is InChI=1S/C27H33BO3/c1-4-13-22-16-7-10-19-25(22)29-28(30-26-20-11-8-17-23(26)14-5-2)31-27-21-12-9-18-24(27)15-6-3/h7-12,16-21H,4-6,13-15H2,1-3H3. The maximum absolute atomic E-state index is 6.33. The molecule has 3 aromatic carbocycles. The van der Waals surface area contributed by atoms with Crippen molar-refractivity contribution in [1.29, 1.82) is 0 Å². The van der Waals surface area contributed by atoms with Crippen molar-refractivity contribution in [2.75, 3.05) is 0 Å². The van der Waals surface area contributed by atoms with Crippen LogP contribution < -0.4 is 14.0 Å². The lowest BCUT2D eigenvalue weighted by atomic mass is 10.1. The van der Waals surface area contributed by atoms with Crippen LogP contribution in [-0.2, 0) is 19.3 Å². The average molecular weight is 416 g/mol. The summed E-state index contributed by atoms with van der Waals surface area (Å²) in [6, 6.07) is 24.4. The van der Waals surface area contributed by atoms with Gasteiger partial charge in [-0.15, -0.1) is 0 Å². The first-order chi connectivity index (χ1) is 15.2. The second-order valence-electron chi connectivity index (χ2n) is 7.72. The molecule has 31 heavy (non-hydrogen) atoms. The summed E-state index contributed by atoms with van der Waals surface area (Å²) in [5, 5.41) is 0. The average Bonchev–Trinajstić information content (AvgIpc) is 2.78. The van der Waals surface area contributed by atoms with E-state index < -0.39 is 7.32 Å². The minimum Gasteiger partial charge on any atom is -0.489 e. The highest BCUT2D eigenvalue weighted by molar-refractivity contribution is 6.39. The van der Waals surface area contributed by atoms with Crippen LogP contribution in [0.5, 0.6) is 17.2 Å². The van der Waals surface area contributed by atoms with Crippen LogP contribution >= 0.6 is 0 Å². The van der Waals surface area contributed by atoms with E-state index >= 15 is 0 Å². The van der Waals surface area contributed by atoms with Crippen LogP contribution in [0, 0.1) is 0 Å². The zero-order valence-electron chi connectivity index (χ0n) is 19.0. The van der Waals surface area contributed by atoms with Crippen molar-refractivity contribution in [1.82, 2.24) is 0 Å². The van der Waals surface area contributed by atoms with Crippen molar-refractivity contribution < 1.29 is 14.0 Å². The molecule has 0 unspecified atom stereocenters. The molecular weight excluding hydrogens is 383 g/mol. The number of rotatable bonds is 12. The Labute approximate surface area is 187 Å². The number of para-hydroxylation sites is 3. The fraction of sp³-hybridized carbons (Fsp3) is 0.333. The molecule has 0 atom stereocenters. The highest BCUT2D eigenvalue weighted by atomic mass is 16.7. The predicted octanol–water partition coefficient (Wildman–Crippen LogP) is 7.07. The van der Waals surface area contributed by atoms with Crippen molar-refractivity contribution >= 4 is 7.32 Å². The summed E-state index contributed by atoms with van der Waals surface area (Å²) in [4.78, 5) is 0. The summed E-state index contributed by atoms with van der Waals surface area (Å²) in [7, 11) is -0.881. The second kappa shape index (κ2) is 12.1. The van der Waals surface area contributed by atoms with Crippen molar-refractivity contribution in [2.24, 2.45) is 0 Å². The fourth-order valence-corrected chi connectivity index (χ4v) is 3.67. The van der Waals surface area contributed by atoms with Gasteiger partial charge in [-0.3, -0.25) is 0 Å². The molecule has 0 fully saturated rings. The summed E-state index contributed by atoms with van der Waals surface area (Å²) >= 11 is 0. The van der Waals surface area contributed by atoms with Gasteiger partial charge in [0.25, 0.3) is 0 Å². The third-order valence-electron chi connectivity index (χ3n) is 5.15. The van der Waals surface area contributed by atoms with Crippen molar-refractivity contribution in [3.63, 3.8) is 0 Å². The number of aryl methyl sites for hydroxylation is 3. The maximum Gasteiger partial charge on any atom is 0.864 e. The minimum absolute atomic E-state index is 0.801. The molecule has 0 saturated heterocycles. The van der Waals surface area contributed by atoms with E-state index in [-0.39, 0.29) is 0 Å². The molecule has 0 saturated carbocycles. The smallest absolute Gasteiger partial charge is 0.489 e. The highest BCUT2D eigenvalue weighted by Crippen LogP contribution is 2.26. The zero-order chi connectivity index (χ0) is 21.9. The molecule has 3 rings (SSSR count). The van der Waals surface area contributed by atoms with Crippen LogP contribution in [0.3, 0.4) is 0 Å². The largest absolute Gasteiger partial charge is 0.864 e. The summed E-state index contributed by atoms with van der Waals surface area (Å²) in [5.74, 6) is 2.40. The third-order valence-corrected chi connectivity index (χ3v) is 5.15. The number of hydrogen-bond donors (Lipinski definition) is 0. The van der Waals surface area contributed by atoms with Gasteiger partial charge in [-0.1, -0.05) is 94.6 Å². The van der Waals surface area contributed by atoms with E-state index in [1.54, 1.807) is 0 Å². The van der Waals surface area contributed by atoms with Crippen LogP contribution in [0.15, 0.2) is 72.8 Å². The Hall–Kier alpha value is -2.88. The molecule has 0 aliphatic carbocycles. The van der Waals surface area contributed by atoms with Crippen LogP contribution in [0.4, 0.5) is 0 Å². The van der Waals surface area contributed by atoms with Gasteiger partial charge >= 0.3 is 7.32 Å². The molecule has 0 radical (unpaired) electrons. The van der Waals surface area contributed by atoms with Crippen LogP contribution in [0.2, 0.25) is 0 Å². The molecule has 4 heteroatoms. The lowest BCUT2D eigenvalue weighted by Gasteiger charge is -2.21. The molecule has 0 aliphatic heterocycles.